The van der Waals surface area contributed by atoms with E-state index in [1.165, 1.54) is 24.2 Å². The van der Waals surface area contributed by atoms with Crippen molar-refractivity contribution in [2.75, 3.05) is 12.4 Å². The Labute approximate surface area is 258 Å². The highest BCUT2D eigenvalue weighted by molar-refractivity contribution is 6.30. The number of rotatable bonds is 10. The van der Waals surface area contributed by atoms with Crippen LogP contribution in [0, 0.1) is 0 Å². The second kappa shape index (κ2) is 14.0. The lowest BCUT2D eigenvalue weighted by molar-refractivity contribution is -0.117. The van der Waals surface area contributed by atoms with Crippen molar-refractivity contribution in [2.24, 2.45) is 0 Å². The summed E-state index contributed by atoms with van der Waals surface area (Å²) in [5.74, 6) is -0.344. The number of methoxy groups -OCH3 is 1. The minimum atomic E-state index is -0.562. The molecule has 0 aliphatic carbocycles. The average molecular weight is 607 g/mol. The Morgan fingerprint density at radius 2 is 1.84 bits per heavy atom. The first-order chi connectivity index (χ1) is 21.4. The molecule has 0 aliphatic rings. The van der Waals surface area contributed by atoms with Crippen LogP contribution in [0.25, 0.3) is 29.0 Å². The van der Waals surface area contributed by atoms with Crippen molar-refractivity contribution < 1.29 is 14.3 Å². The van der Waals surface area contributed by atoms with Crippen molar-refractivity contribution in [3.63, 3.8) is 0 Å². The number of halogens is 1. The molecule has 0 saturated carbocycles. The van der Waals surface area contributed by atoms with Gasteiger partial charge in [0, 0.05) is 27.9 Å². The number of hydrogen-bond acceptors (Lipinski definition) is 8. The van der Waals surface area contributed by atoms with Crippen LogP contribution in [0.5, 0.6) is 0 Å². The molecule has 5 aromatic rings. The van der Waals surface area contributed by atoms with E-state index < -0.39 is 12.1 Å². The first kappa shape index (κ1) is 29.8. The van der Waals surface area contributed by atoms with Gasteiger partial charge >= 0.3 is 6.09 Å². The number of carbonyl (C=O) groups is 2. The van der Waals surface area contributed by atoms with Gasteiger partial charge in [-0.25, -0.2) is 4.79 Å². The summed E-state index contributed by atoms with van der Waals surface area (Å²) in [6, 6.07) is 23.6. The number of nitrogens with zero attached hydrogens (tertiary/aromatic N) is 6. The standard InChI is InChI=1S/C32H27ClN8O3/c1-3-27-26(22-9-13-25(14-10-22)35-32(43)44-2)19-29(38-37-27)28(17-21-7-5-4-6-8-21)36-31(42)16-11-23-18-24(33)12-15-30(23)41-20-34-39-40-41/h3-16,18-20,28H,1,17H2,2H3,(H,35,43)(H,36,42). The molecule has 0 bridgehead atoms. The Kier molecular flexibility index (Phi) is 9.48. The molecule has 0 aliphatic heterocycles. The molecule has 220 valence electrons. The number of carbonyl (C=O) groups excluding carboxylic acids is 2. The normalized spacial score (nSPS) is 11.6. The summed E-state index contributed by atoms with van der Waals surface area (Å²) in [7, 11) is 1.30. The maximum Gasteiger partial charge on any atom is 0.411 e. The minimum absolute atomic E-state index is 0.344. The van der Waals surface area contributed by atoms with Gasteiger partial charge < -0.3 is 10.1 Å². The smallest absolute Gasteiger partial charge is 0.411 e. The monoisotopic (exact) mass is 606 g/mol. The van der Waals surface area contributed by atoms with Gasteiger partial charge in [0.25, 0.3) is 0 Å². The molecular weight excluding hydrogens is 580 g/mol. The molecule has 3 aromatic carbocycles. The van der Waals surface area contributed by atoms with Gasteiger partial charge in [0.1, 0.15) is 6.33 Å². The largest absolute Gasteiger partial charge is 0.453 e. The Morgan fingerprint density at radius 3 is 2.55 bits per heavy atom. The third-order valence-electron chi connectivity index (χ3n) is 6.62. The van der Waals surface area contributed by atoms with Crippen LogP contribution < -0.4 is 10.6 Å². The van der Waals surface area contributed by atoms with Crippen LogP contribution in [0.2, 0.25) is 5.02 Å². The van der Waals surface area contributed by atoms with Crippen molar-refractivity contribution in [1.29, 1.82) is 0 Å². The van der Waals surface area contributed by atoms with E-state index in [0.717, 1.165) is 16.7 Å². The van der Waals surface area contributed by atoms with Crippen LogP contribution in [0.1, 0.15) is 28.6 Å². The molecule has 0 radical (unpaired) electrons. The van der Waals surface area contributed by atoms with Gasteiger partial charge in [-0.15, -0.1) is 5.10 Å². The van der Waals surface area contributed by atoms with Gasteiger partial charge in [0.2, 0.25) is 5.91 Å². The molecule has 2 amide bonds. The highest BCUT2D eigenvalue weighted by Crippen LogP contribution is 2.28. The Balaban J connectivity index is 1.44. The number of hydrogen-bond donors (Lipinski definition) is 2. The number of anilines is 1. The molecule has 44 heavy (non-hydrogen) atoms. The number of benzene rings is 3. The van der Waals surface area contributed by atoms with Crippen LogP contribution in [-0.2, 0) is 16.0 Å². The molecule has 12 heteroatoms. The Bertz CT molecular complexity index is 1790. The molecule has 2 heterocycles. The number of tetrazole rings is 1. The SMILES string of the molecule is C=Cc1nnc(C(Cc2ccccc2)NC(=O)C=Cc2cc(Cl)ccc2-n2cnnn2)cc1-c1ccc(NC(=O)OC)cc1. The van der Waals surface area contributed by atoms with E-state index in [2.05, 4.69) is 47.7 Å². The Hall–Kier alpha value is -5.68. The molecule has 5 rings (SSSR count). The lowest BCUT2D eigenvalue weighted by atomic mass is 9.98. The zero-order valence-electron chi connectivity index (χ0n) is 23.6. The Morgan fingerprint density at radius 1 is 1.05 bits per heavy atom. The van der Waals surface area contributed by atoms with Crippen molar-refractivity contribution in [1.82, 2.24) is 35.7 Å². The highest BCUT2D eigenvalue weighted by Gasteiger charge is 2.19. The predicted molar refractivity (Wildman–Crippen MR) is 168 cm³/mol. The van der Waals surface area contributed by atoms with Crippen LogP contribution in [-0.4, -0.2) is 49.5 Å². The second-order valence-corrected chi connectivity index (χ2v) is 9.94. The van der Waals surface area contributed by atoms with E-state index in [4.69, 9.17) is 11.6 Å². The maximum atomic E-state index is 13.3. The molecule has 0 fully saturated rings. The quantitative estimate of drug-likeness (QED) is 0.193. The first-order valence-corrected chi connectivity index (χ1v) is 13.8. The fourth-order valence-corrected chi connectivity index (χ4v) is 4.65. The van der Waals surface area contributed by atoms with Crippen LogP contribution in [0.3, 0.4) is 0 Å². The summed E-state index contributed by atoms with van der Waals surface area (Å²) >= 11 is 6.23. The van der Waals surface area contributed by atoms with E-state index in [9.17, 15) is 9.59 Å². The topological polar surface area (TPSA) is 137 Å². The van der Waals surface area contributed by atoms with Gasteiger partial charge in [-0.05, 0) is 76.5 Å². The van der Waals surface area contributed by atoms with Crippen LogP contribution in [0.15, 0.2) is 97.8 Å². The number of ether oxygens (including phenoxy) is 1. The second-order valence-electron chi connectivity index (χ2n) is 9.51. The van der Waals surface area contributed by atoms with Gasteiger partial charge in [-0.1, -0.05) is 60.6 Å². The maximum absolute atomic E-state index is 13.3. The highest BCUT2D eigenvalue weighted by atomic mass is 35.5. The zero-order valence-corrected chi connectivity index (χ0v) is 24.3. The summed E-state index contributed by atoms with van der Waals surface area (Å²) in [6.45, 7) is 3.88. The van der Waals surface area contributed by atoms with E-state index in [-0.39, 0.29) is 5.91 Å². The van der Waals surface area contributed by atoms with E-state index >= 15 is 0 Å². The lowest BCUT2D eigenvalue weighted by Crippen LogP contribution is -2.29. The van der Waals surface area contributed by atoms with E-state index in [1.807, 2.05) is 48.5 Å². The molecular formula is C32H27ClN8O3. The lowest BCUT2D eigenvalue weighted by Gasteiger charge is -2.19. The summed E-state index contributed by atoms with van der Waals surface area (Å²) < 4.78 is 6.15. The summed E-state index contributed by atoms with van der Waals surface area (Å²) in [6.07, 6.45) is 6.07. The van der Waals surface area contributed by atoms with Crippen molar-refractivity contribution >= 4 is 41.4 Å². The number of amides is 2. The average Bonchev–Trinajstić information content (AvgIpc) is 3.59. The molecule has 11 nitrogen and oxygen atoms in total. The number of nitrogens with one attached hydrogen (secondary N) is 2. The first-order valence-electron chi connectivity index (χ1n) is 13.4. The van der Waals surface area contributed by atoms with Crippen LogP contribution >= 0.6 is 11.6 Å². The molecule has 1 atom stereocenters. The zero-order chi connectivity index (χ0) is 30.9. The van der Waals surface area contributed by atoms with Gasteiger partial charge in [-0.3, -0.25) is 10.1 Å². The third-order valence-corrected chi connectivity index (χ3v) is 6.85. The molecule has 2 N–H and O–H groups in total. The fourth-order valence-electron chi connectivity index (χ4n) is 4.47. The van der Waals surface area contributed by atoms with E-state index in [1.54, 1.807) is 42.5 Å². The molecule has 2 aromatic heterocycles. The molecule has 1 unspecified atom stereocenters. The summed E-state index contributed by atoms with van der Waals surface area (Å²) in [4.78, 5) is 24.9. The fraction of sp³-hybridized carbons (Fsp3) is 0.0938. The predicted octanol–water partition coefficient (Wildman–Crippen LogP) is 5.71. The third kappa shape index (κ3) is 7.39. The molecule has 0 saturated heterocycles. The van der Waals surface area contributed by atoms with Gasteiger partial charge in [0.05, 0.1) is 30.2 Å². The minimum Gasteiger partial charge on any atom is -0.453 e. The molecule has 0 spiro atoms. The van der Waals surface area contributed by atoms with Crippen molar-refractivity contribution in [3.8, 4) is 16.8 Å². The van der Waals surface area contributed by atoms with E-state index in [0.29, 0.717) is 39.8 Å². The summed E-state index contributed by atoms with van der Waals surface area (Å²) in [5, 5.41) is 26.4. The number of aromatic nitrogens is 6. The van der Waals surface area contributed by atoms with Crippen molar-refractivity contribution in [3.05, 3.63) is 125 Å². The van der Waals surface area contributed by atoms with Gasteiger partial charge in [-0.2, -0.15) is 14.9 Å². The van der Waals surface area contributed by atoms with Gasteiger partial charge in [0.15, 0.2) is 0 Å². The van der Waals surface area contributed by atoms with Crippen molar-refractivity contribution in [2.45, 2.75) is 12.5 Å². The van der Waals surface area contributed by atoms with Crippen LogP contribution in [0.4, 0.5) is 10.5 Å². The summed E-state index contributed by atoms with van der Waals surface area (Å²) in [5.41, 5.74) is 5.62.